The molecule has 0 bridgehead atoms. The number of nitrogens with zero attached hydrogens (tertiary/aromatic N) is 3. The number of rotatable bonds is 5. The van der Waals surface area contributed by atoms with Crippen molar-refractivity contribution in [3.63, 3.8) is 0 Å². The largest absolute Gasteiger partial charge is 0.465 e. The Hall–Kier alpha value is -1.92. The third-order valence-corrected chi connectivity index (χ3v) is 2.28. The van der Waals surface area contributed by atoms with Gasteiger partial charge in [0.05, 0.1) is 6.61 Å². The van der Waals surface area contributed by atoms with Crippen LogP contribution < -0.4 is 0 Å². The van der Waals surface area contributed by atoms with Gasteiger partial charge in [0.15, 0.2) is 0 Å². The molecule has 1 heterocycles. The lowest BCUT2D eigenvalue weighted by atomic mass is 10.3. The zero-order chi connectivity index (χ0) is 13.7. The number of H-pyrrole nitrogens is 1. The standard InChI is InChI=1S/C11H18N4O3/c1-5-18-9(16)6-15(7(2)3)11(17)10-12-8(4)13-14-10/h7H,5-6H2,1-4H3,(H,12,13,14). The average molecular weight is 254 g/mol. The minimum Gasteiger partial charge on any atom is -0.465 e. The van der Waals surface area contributed by atoms with Crippen molar-refractivity contribution in [2.75, 3.05) is 13.2 Å². The average Bonchev–Trinajstić information content (AvgIpc) is 2.72. The molecule has 0 atom stereocenters. The zero-order valence-corrected chi connectivity index (χ0v) is 11.1. The Bertz CT molecular complexity index is 428. The highest BCUT2D eigenvalue weighted by molar-refractivity contribution is 5.92. The summed E-state index contributed by atoms with van der Waals surface area (Å²) in [6.45, 7) is 7.25. The Balaban J connectivity index is 2.79. The SMILES string of the molecule is CCOC(=O)CN(C(=O)c1n[nH]c(C)n1)C(C)C. The fourth-order valence-electron chi connectivity index (χ4n) is 1.40. The van der Waals surface area contributed by atoms with E-state index in [1.165, 1.54) is 4.90 Å². The summed E-state index contributed by atoms with van der Waals surface area (Å²) in [6.07, 6.45) is 0. The van der Waals surface area contributed by atoms with Crippen LogP contribution in [0.3, 0.4) is 0 Å². The predicted molar refractivity (Wildman–Crippen MR) is 63.9 cm³/mol. The van der Waals surface area contributed by atoms with Crippen molar-refractivity contribution in [1.82, 2.24) is 20.1 Å². The first kappa shape index (κ1) is 14.1. The van der Waals surface area contributed by atoms with E-state index >= 15 is 0 Å². The first-order chi connectivity index (χ1) is 8.45. The fourth-order valence-corrected chi connectivity index (χ4v) is 1.40. The van der Waals surface area contributed by atoms with Crippen LogP contribution in [0.5, 0.6) is 0 Å². The van der Waals surface area contributed by atoms with E-state index in [1.54, 1.807) is 13.8 Å². The van der Waals surface area contributed by atoms with Gasteiger partial charge in [-0.1, -0.05) is 0 Å². The van der Waals surface area contributed by atoms with Gasteiger partial charge in [0.1, 0.15) is 12.4 Å². The molecule has 0 saturated heterocycles. The number of aryl methyl sites for hydroxylation is 1. The van der Waals surface area contributed by atoms with Crippen LogP contribution in [0.1, 0.15) is 37.2 Å². The number of hydrogen-bond acceptors (Lipinski definition) is 5. The molecule has 0 aliphatic rings. The summed E-state index contributed by atoms with van der Waals surface area (Å²) in [5.41, 5.74) is 0. The van der Waals surface area contributed by atoms with Crippen LogP contribution in [0.15, 0.2) is 0 Å². The Kier molecular flexibility index (Phi) is 4.82. The number of aromatic amines is 1. The van der Waals surface area contributed by atoms with Gasteiger partial charge in [-0.05, 0) is 27.7 Å². The van der Waals surface area contributed by atoms with Crippen molar-refractivity contribution in [1.29, 1.82) is 0 Å². The van der Waals surface area contributed by atoms with Crippen molar-refractivity contribution in [3.05, 3.63) is 11.6 Å². The molecule has 1 N–H and O–H groups in total. The molecule has 0 aliphatic heterocycles. The lowest BCUT2D eigenvalue weighted by Crippen LogP contribution is -2.41. The lowest BCUT2D eigenvalue weighted by molar-refractivity contribution is -0.144. The molecule has 0 radical (unpaired) electrons. The number of ether oxygens (including phenoxy) is 1. The monoisotopic (exact) mass is 254 g/mol. The second-order valence-electron chi connectivity index (χ2n) is 4.08. The summed E-state index contributed by atoms with van der Waals surface area (Å²) < 4.78 is 4.83. The number of carbonyl (C=O) groups excluding carboxylic acids is 2. The molecule has 0 saturated carbocycles. The molecule has 1 aromatic rings. The van der Waals surface area contributed by atoms with E-state index in [-0.39, 0.29) is 24.3 Å². The van der Waals surface area contributed by atoms with Gasteiger partial charge in [0, 0.05) is 6.04 Å². The highest BCUT2D eigenvalue weighted by Gasteiger charge is 2.24. The molecular weight excluding hydrogens is 236 g/mol. The maximum absolute atomic E-state index is 12.1. The number of esters is 1. The van der Waals surface area contributed by atoms with Gasteiger partial charge in [-0.15, -0.1) is 5.10 Å². The molecule has 1 aromatic heterocycles. The molecule has 0 aliphatic carbocycles. The van der Waals surface area contributed by atoms with Crippen molar-refractivity contribution in [3.8, 4) is 0 Å². The zero-order valence-electron chi connectivity index (χ0n) is 11.1. The highest BCUT2D eigenvalue weighted by Crippen LogP contribution is 2.05. The minimum absolute atomic E-state index is 0.0606. The van der Waals surface area contributed by atoms with E-state index in [9.17, 15) is 9.59 Å². The number of hydrogen-bond donors (Lipinski definition) is 1. The summed E-state index contributed by atoms with van der Waals surface area (Å²) in [7, 11) is 0. The molecule has 100 valence electrons. The van der Waals surface area contributed by atoms with Gasteiger partial charge in [0.2, 0.25) is 5.82 Å². The Labute approximate surface area is 106 Å². The van der Waals surface area contributed by atoms with Gasteiger partial charge < -0.3 is 9.64 Å². The first-order valence-corrected chi connectivity index (χ1v) is 5.81. The van der Waals surface area contributed by atoms with Crippen LogP contribution in [0.4, 0.5) is 0 Å². The van der Waals surface area contributed by atoms with Gasteiger partial charge in [-0.25, -0.2) is 4.98 Å². The number of nitrogens with one attached hydrogen (secondary N) is 1. The molecule has 7 heteroatoms. The minimum atomic E-state index is -0.438. The van der Waals surface area contributed by atoms with Gasteiger partial charge in [-0.3, -0.25) is 14.7 Å². The topological polar surface area (TPSA) is 88.2 Å². The molecule has 0 spiro atoms. The highest BCUT2D eigenvalue weighted by atomic mass is 16.5. The maximum Gasteiger partial charge on any atom is 0.325 e. The summed E-state index contributed by atoms with van der Waals surface area (Å²) in [4.78, 5) is 28.9. The van der Waals surface area contributed by atoms with Crippen LogP contribution in [0, 0.1) is 6.92 Å². The van der Waals surface area contributed by atoms with Crippen molar-refractivity contribution < 1.29 is 14.3 Å². The van der Waals surface area contributed by atoms with Crippen LogP contribution in [-0.2, 0) is 9.53 Å². The molecule has 1 amide bonds. The van der Waals surface area contributed by atoms with E-state index in [0.29, 0.717) is 12.4 Å². The Morgan fingerprint density at radius 3 is 2.56 bits per heavy atom. The van der Waals surface area contributed by atoms with Crippen LogP contribution in [-0.4, -0.2) is 51.2 Å². The second-order valence-corrected chi connectivity index (χ2v) is 4.08. The normalized spacial score (nSPS) is 10.5. The van der Waals surface area contributed by atoms with E-state index in [2.05, 4.69) is 15.2 Å². The third-order valence-electron chi connectivity index (χ3n) is 2.28. The lowest BCUT2D eigenvalue weighted by Gasteiger charge is -2.24. The summed E-state index contributed by atoms with van der Waals surface area (Å²) in [5.74, 6) is -0.210. The maximum atomic E-state index is 12.1. The summed E-state index contributed by atoms with van der Waals surface area (Å²) >= 11 is 0. The van der Waals surface area contributed by atoms with E-state index in [1.807, 2.05) is 13.8 Å². The van der Waals surface area contributed by atoms with E-state index in [0.717, 1.165) is 0 Å². The Morgan fingerprint density at radius 1 is 1.44 bits per heavy atom. The van der Waals surface area contributed by atoms with Crippen molar-refractivity contribution >= 4 is 11.9 Å². The number of carbonyl (C=O) groups is 2. The Morgan fingerprint density at radius 2 is 2.11 bits per heavy atom. The molecule has 18 heavy (non-hydrogen) atoms. The molecular formula is C11H18N4O3. The van der Waals surface area contributed by atoms with Gasteiger partial charge in [-0.2, -0.15) is 0 Å². The summed E-state index contributed by atoms with van der Waals surface area (Å²) in [5, 5.41) is 6.39. The van der Waals surface area contributed by atoms with E-state index < -0.39 is 5.97 Å². The number of amides is 1. The van der Waals surface area contributed by atoms with E-state index in [4.69, 9.17) is 4.74 Å². The smallest absolute Gasteiger partial charge is 0.325 e. The van der Waals surface area contributed by atoms with Crippen LogP contribution in [0.2, 0.25) is 0 Å². The van der Waals surface area contributed by atoms with Crippen LogP contribution in [0.25, 0.3) is 0 Å². The van der Waals surface area contributed by atoms with Crippen molar-refractivity contribution in [2.45, 2.75) is 33.7 Å². The third kappa shape index (κ3) is 3.54. The predicted octanol–water partition coefficient (Wildman–Crippen LogP) is 0.527. The van der Waals surface area contributed by atoms with Gasteiger partial charge in [0.25, 0.3) is 5.91 Å². The second kappa shape index (κ2) is 6.13. The first-order valence-electron chi connectivity index (χ1n) is 5.81. The molecule has 0 fully saturated rings. The fraction of sp³-hybridized carbons (Fsp3) is 0.636. The molecule has 0 unspecified atom stereocenters. The summed E-state index contributed by atoms with van der Waals surface area (Å²) in [6, 6.07) is -0.138. The molecule has 1 rings (SSSR count). The van der Waals surface area contributed by atoms with Crippen LogP contribution >= 0.6 is 0 Å². The molecule has 0 aromatic carbocycles. The van der Waals surface area contributed by atoms with Crippen molar-refractivity contribution in [2.24, 2.45) is 0 Å². The quantitative estimate of drug-likeness (QED) is 0.774. The van der Waals surface area contributed by atoms with Gasteiger partial charge >= 0.3 is 5.97 Å². The molecule has 7 nitrogen and oxygen atoms in total. The number of aromatic nitrogens is 3.